The first-order valence-electron chi connectivity index (χ1n) is 7.20. The van der Waals surface area contributed by atoms with Gasteiger partial charge in [0.1, 0.15) is 5.75 Å². The first kappa shape index (κ1) is 16.3. The Morgan fingerprint density at radius 2 is 1.90 bits per heavy atom. The normalized spacial score (nSPS) is 11.8. The average molecular weight is 277 g/mol. The van der Waals surface area contributed by atoms with E-state index in [2.05, 4.69) is 49.4 Å². The predicted octanol–water partition coefficient (Wildman–Crippen LogP) is 2.79. The van der Waals surface area contributed by atoms with Crippen LogP contribution in [0.25, 0.3) is 0 Å². The van der Waals surface area contributed by atoms with Gasteiger partial charge in [-0.3, -0.25) is 4.99 Å². The molecule has 0 heterocycles. The third kappa shape index (κ3) is 5.95. The van der Waals surface area contributed by atoms with Crippen LogP contribution in [0.2, 0.25) is 0 Å². The standard InChI is InChI=1S/C16H27N3O/c1-12(2)11-20-15-9-7-6-8-14(15)10-18-16(17-5)19-13(3)4/h6-9,12-13H,10-11H2,1-5H3,(H2,17,18,19). The monoisotopic (exact) mass is 277 g/mol. The maximum absolute atomic E-state index is 5.85. The highest BCUT2D eigenvalue weighted by Gasteiger charge is 2.06. The molecule has 1 aromatic carbocycles. The summed E-state index contributed by atoms with van der Waals surface area (Å²) >= 11 is 0. The summed E-state index contributed by atoms with van der Waals surface area (Å²) in [6.45, 7) is 9.90. The van der Waals surface area contributed by atoms with Crippen molar-refractivity contribution in [3.63, 3.8) is 0 Å². The molecule has 0 saturated heterocycles. The fourth-order valence-electron chi connectivity index (χ4n) is 1.69. The van der Waals surface area contributed by atoms with E-state index in [0.717, 1.165) is 23.9 Å². The largest absolute Gasteiger partial charge is 0.493 e. The Morgan fingerprint density at radius 3 is 2.50 bits per heavy atom. The molecular weight excluding hydrogens is 250 g/mol. The fourth-order valence-corrected chi connectivity index (χ4v) is 1.69. The molecule has 0 aliphatic heterocycles. The number of nitrogens with one attached hydrogen (secondary N) is 2. The van der Waals surface area contributed by atoms with Gasteiger partial charge in [0.05, 0.1) is 6.61 Å². The van der Waals surface area contributed by atoms with Gasteiger partial charge in [0.15, 0.2) is 5.96 Å². The van der Waals surface area contributed by atoms with Crippen LogP contribution in [-0.2, 0) is 6.54 Å². The molecule has 2 N–H and O–H groups in total. The molecule has 0 aliphatic carbocycles. The van der Waals surface area contributed by atoms with Crippen molar-refractivity contribution in [1.29, 1.82) is 0 Å². The van der Waals surface area contributed by atoms with Gasteiger partial charge >= 0.3 is 0 Å². The summed E-state index contributed by atoms with van der Waals surface area (Å²) in [6, 6.07) is 8.47. The molecule has 0 amide bonds. The molecule has 0 fully saturated rings. The topological polar surface area (TPSA) is 45.7 Å². The van der Waals surface area contributed by atoms with Gasteiger partial charge in [-0.2, -0.15) is 0 Å². The first-order chi connectivity index (χ1) is 9.52. The van der Waals surface area contributed by atoms with Gasteiger partial charge in [-0.25, -0.2) is 0 Å². The van der Waals surface area contributed by atoms with Crippen LogP contribution in [-0.4, -0.2) is 25.7 Å². The summed E-state index contributed by atoms with van der Waals surface area (Å²) in [4.78, 5) is 4.20. The van der Waals surface area contributed by atoms with E-state index in [1.807, 2.05) is 18.2 Å². The molecule has 0 atom stereocenters. The third-order valence-electron chi connectivity index (χ3n) is 2.64. The second kappa shape index (κ2) is 8.46. The van der Waals surface area contributed by atoms with Crippen molar-refractivity contribution in [2.45, 2.75) is 40.3 Å². The lowest BCUT2D eigenvalue weighted by atomic mass is 10.2. The van der Waals surface area contributed by atoms with Crippen LogP contribution in [0.4, 0.5) is 0 Å². The van der Waals surface area contributed by atoms with Crippen LogP contribution in [0.5, 0.6) is 5.75 Å². The molecule has 1 rings (SSSR count). The van der Waals surface area contributed by atoms with E-state index in [1.54, 1.807) is 7.05 Å². The summed E-state index contributed by atoms with van der Waals surface area (Å²) in [6.07, 6.45) is 0. The van der Waals surface area contributed by atoms with Gasteiger partial charge < -0.3 is 15.4 Å². The van der Waals surface area contributed by atoms with E-state index in [4.69, 9.17) is 4.74 Å². The zero-order valence-electron chi connectivity index (χ0n) is 13.2. The summed E-state index contributed by atoms with van der Waals surface area (Å²) in [5, 5.41) is 6.57. The molecule has 0 bridgehead atoms. The van der Waals surface area contributed by atoms with E-state index < -0.39 is 0 Å². The average Bonchev–Trinajstić information content (AvgIpc) is 2.41. The van der Waals surface area contributed by atoms with Gasteiger partial charge in [-0.15, -0.1) is 0 Å². The highest BCUT2D eigenvalue weighted by Crippen LogP contribution is 2.18. The lowest BCUT2D eigenvalue weighted by molar-refractivity contribution is 0.268. The minimum absolute atomic E-state index is 0.355. The highest BCUT2D eigenvalue weighted by atomic mass is 16.5. The Bertz CT molecular complexity index is 427. The lowest BCUT2D eigenvalue weighted by Crippen LogP contribution is -2.40. The van der Waals surface area contributed by atoms with E-state index in [0.29, 0.717) is 18.5 Å². The quantitative estimate of drug-likeness (QED) is 0.621. The minimum Gasteiger partial charge on any atom is -0.493 e. The summed E-state index contributed by atoms with van der Waals surface area (Å²) in [7, 11) is 1.78. The van der Waals surface area contributed by atoms with Crippen molar-refractivity contribution in [2.75, 3.05) is 13.7 Å². The van der Waals surface area contributed by atoms with Crippen LogP contribution in [0.3, 0.4) is 0 Å². The Balaban J connectivity index is 2.62. The fraction of sp³-hybridized carbons (Fsp3) is 0.562. The van der Waals surface area contributed by atoms with Gasteiger partial charge in [-0.05, 0) is 25.8 Å². The Labute approximate surface area is 122 Å². The van der Waals surface area contributed by atoms with E-state index >= 15 is 0 Å². The van der Waals surface area contributed by atoms with Crippen LogP contribution >= 0.6 is 0 Å². The molecule has 4 heteroatoms. The molecular formula is C16H27N3O. The van der Waals surface area contributed by atoms with Crippen molar-refractivity contribution < 1.29 is 4.74 Å². The van der Waals surface area contributed by atoms with Gasteiger partial charge in [0, 0.05) is 25.2 Å². The molecule has 0 saturated carbocycles. The molecule has 4 nitrogen and oxygen atoms in total. The summed E-state index contributed by atoms with van der Waals surface area (Å²) < 4.78 is 5.85. The number of rotatable bonds is 6. The van der Waals surface area contributed by atoms with E-state index in [-0.39, 0.29) is 0 Å². The first-order valence-corrected chi connectivity index (χ1v) is 7.20. The minimum atomic E-state index is 0.355. The number of guanidine groups is 1. The second-order valence-electron chi connectivity index (χ2n) is 5.54. The zero-order valence-corrected chi connectivity index (χ0v) is 13.2. The SMILES string of the molecule is CN=C(NCc1ccccc1OCC(C)C)NC(C)C. The van der Waals surface area contributed by atoms with Gasteiger partial charge in [-0.1, -0.05) is 32.0 Å². The second-order valence-corrected chi connectivity index (χ2v) is 5.54. The Kier molecular flexibility index (Phi) is 6.91. The smallest absolute Gasteiger partial charge is 0.191 e. The molecule has 0 aliphatic rings. The van der Waals surface area contributed by atoms with Crippen LogP contribution in [0, 0.1) is 5.92 Å². The number of para-hydroxylation sites is 1. The summed E-state index contributed by atoms with van der Waals surface area (Å²) in [5.41, 5.74) is 1.14. The van der Waals surface area contributed by atoms with Crippen LogP contribution in [0.1, 0.15) is 33.3 Å². The van der Waals surface area contributed by atoms with Crippen molar-refractivity contribution in [2.24, 2.45) is 10.9 Å². The number of nitrogens with zero attached hydrogens (tertiary/aromatic N) is 1. The van der Waals surface area contributed by atoms with Crippen molar-refractivity contribution in [1.82, 2.24) is 10.6 Å². The molecule has 0 spiro atoms. The number of aliphatic imine (C=N–C) groups is 1. The van der Waals surface area contributed by atoms with Crippen molar-refractivity contribution >= 4 is 5.96 Å². The maximum atomic E-state index is 5.85. The molecule has 0 radical (unpaired) electrons. The van der Waals surface area contributed by atoms with Gasteiger partial charge in [0.2, 0.25) is 0 Å². The van der Waals surface area contributed by atoms with Crippen LogP contribution < -0.4 is 15.4 Å². The van der Waals surface area contributed by atoms with Crippen molar-refractivity contribution in [3.05, 3.63) is 29.8 Å². The molecule has 1 aromatic rings. The predicted molar refractivity (Wildman–Crippen MR) is 85.2 cm³/mol. The molecule has 0 unspecified atom stereocenters. The number of benzene rings is 1. The number of hydrogen-bond donors (Lipinski definition) is 2. The highest BCUT2D eigenvalue weighted by molar-refractivity contribution is 5.79. The number of hydrogen-bond acceptors (Lipinski definition) is 2. The Morgan fingerprint density at radius 1 is 1.20 bits per heavy atom. The molecule has 112 valence electrons. The van der Waals surface area contributed by atoms with E-state index in [1.165, 1.54) is 0 Å². The van der Waals surface area contributed by atoms with E-state index in [9.17, 15) is 0 Å². The third-order valence-corrected chi connectivity index (χ3v) is 2.64. The van der Waals surface area contributed by atoms with Gasteiger partial charge in [0.25, 0.3) is 0 Å². The number of ether oxygens (including phenoxy) is 1. The lowest BCUT2D eigenvalue weighted by Gasteiger charge is -2.17. The zero-order chi connectivity index (χ0) is 15.0. The maximum Gasteiger partial charge on any atom is 0.191 e. The van der Waals surface area contributed by atoms with Crippen LogP contribution in [0.15, 0.2) is 29.3 Å². The molecule has 0 aromatic heterocycles. The molecule has 20 heavy (non-hydrogen) atoms. The summed E-state index contributed by atoms with van der Waals surface area (Å²) in [5.74, 6) is 2.26. The van der Waals surface area contributed by atoms with Crippen molar-refractivity contribution in [3.8, 4) is 5.75 Å². The Hall–Kier alpha value is -1.71.